The van der Waals surface area contributed by atoms with Gasteiger partial charge in [0, 0.05) is 23.3 Å². The van der Waals surface area contributed by atoms with Crippen LogP contribution in [0.1, 0.15) is 26.3 Å². The Morgan fingerprint density at radius 1 is 1.43 bits per heavy atom. The smallest absolute Gasteiger partial charge is 0.270 e. The highest BCUT2D eigenvalue weighted by molar-refractivity contribution is 6.43. The Labute approximate surface area is 182 Å². The summed E-state index contributed by atoms with van der Waals surface area (Å²) in [4.78, 5) is 29.0. The largest absolute Gasteiger partial charge is 0.496 e. The van der Waals surface area contributed by atoms with Crippen LogP contribution in [0.2, 0.25) is 5.02 Å². The van der Waals surface area contributed by atoms with Crippen LogP contribution in [0, 0.1) is 17.2 Å². The molecular formula is C22H27ClN4O3. The zero-order valence-electron chi connectivity index (χ0n) is 17.9. The maximum absolute atomic E-state index is 12.6. The summed E-state index contributed by atoms with van der Waals surface area (Å²) in [6, 6.07) is 7.12. The van der Waals surface area contributed by atoms with E-state index in [-0.39, 0.29) is 24.0 Å². The number of aliphatic imine (C=N–C) groups is 1. The third-order valence-corrected chi connectivity index (χ3v) is 4.86. The summed E-state index contributed by atoms with van der Waals surface area (Å²) < 4.78 is 5.25. The molecule has 30 heavy (non-hydrogen) atoms. The van der Waals surface area contributed by atoms with Crippen molar-refractivity contribution in [3.05, 3.63) is 53.2 Å². The molecule has 0 saturated heterocycles. The number of benzene rings is 1. The molecule has 160 valence electrons. The highest BCUT2D eigenvalue weighted by Gasteiger charge is 2.31. The summed E-state index contributed by atoms with van der Waals surface area (Å²) in [5, 5.41) is 15.3. The fraction of sp³-hybridized carbons (Fsp3) is 0.364. The fourth-order valence-electron chi connectivity index (χ4n) is 2.39. The standard InChI is InChI=1S/C22H27ClN4O3/c1-7-17(12-18(25-5)21(29)27-22(4,13-24)14(2)3)26-20(28)11-15-10-16(23)8-9-19(15)30-6/h7-10,12,14H,1,11H2,2-6H3,(H,26,28)(H,27,29)/b17-12+,25-18?. The number of carbonyl (C=O) groups excluding carboxylic acids is 2. The molecule has 0 aliphatic heterocycles. The summed E-state index contributed by atoms with van der Waals surface area (Å²) >= 11 is 6.00. The number of amides is 2. The van der Waals surface area contributed by atoms with Gasteiger partial charge in [-0.05, 0) is 43.2 Å². The van der Waals surface area contributed by atoms with E-state index >= 15 is 0 Å². The maximum atomic E-state index is 12.6. The molecule has 0 saturated carbocycles. The number of hydrogen-bond acceptors (Lipinski definition) is 5. The van der Waals surface area contributed by atoms with Crippen LogP contribution in [-0.2, 0) is 16.0 Å². The van der Waals surface area contributed by atoms with Gasteiger partial charge in [0.15, 0.2) is 0 Å². The van der Waals surface area contributed by atoms with Crippen molar-refractivity contribution in [1.82, 2.24) is 10.6 Å². The number of ether oxygens (including phenoxy) is 1. The second kappa shape index (κ2) is 11.2. The van der Waals surface area contributed by atoms with Crippen molar-refractivity contribution in [3.8, 4) is 11.8 Å². The van der Waals surface area contributed by atoms with Crippen LogP contribution in [-0.4, -0.2) is 37.2 Å². The van der Waals surface area contributed by atoms with Crippen molar-refractivity contribution >= 4 is 29.1 Å². The lowest BCUT2D eigenvalue weighted by Crippen LogP contribution is -2.51. The number of nitrogens with one attached hydrogen (secondary N) is 2. The van der Waals surface area contributed by atoms with E-state index < -0.39 is 11.4 Å². The topological polar surface area (TPSA) is 104 Å². The Kier molecular flexibility index (Phi) is 9.28. The lowest BCUT2D eigenvalue weighted by molar-refractivity contribution is -0.119. The Balaban J connectivity index is 2.98. The third-order valence-electron chi connectivity index (χ3n) is 4.62. The number of nitrogens with zero attached hydrogens (tertiary/aromatic N) is 2. The van der Waals surface area contributed by atoms with Gasteiger partial charge in [0.05, 0.1) is 19.6 Å². The molecular weight excluding hydrogens is 404 g/mol. The number of methoxy groups -OCH3 is 1. The van der Waals surface area contributed by atoms with Gasteiger partial charge in [-0.2, -0.15) is 5.26 Å². The molecule has 0 spiro atoms. The minimum absolute atomic E-state index is 0.0135. The number of carbonyl (C=O) groups is 2. The molecule has 1 aromatic carbocycles. The first kappa shape index (κ1) is 24.9. The average molecular weight is 431 g/mol. The Morgan fingerprint density at radius 3 is 2.60 bits per heavy atom. The molecule has 0 radical (unpaired) electrons. The molecule has 0 fully saturated rings. The van der Waals surface area contributed by atoms with E-state index in [1.807, 2.05) is 13.8 Å². The van der Waals surface area contributed by atoms with E-state index in [9.17, 15) is 14.9 Å². The molecule has 0 aromatic heterocycles. The van der Waals surface area contributed by atoms with Gasteiger partial charge in [0.1, 0.15) is 17.0 Å². The van der Waals surface area contributed by atoms with Crippen LogP contribution in [0.4, 0.5) is 0 Å². The van der Waals surface area contributed by atoms with Gasteiger partial charge >= 0.3 is 0 Å². The minimum atomic E-state index is -1.05. The average Bonchev–Trinajstić information content (AvgIpc) is 2.70. The number of hydrogen-bond donors (Lipinski definition) is 2. The fourth-order valence-corrected chi connectivity index (χ4v) is 2.58. The Hall–Kier alpha value is -3.11. The maximum Gasteiger partial charge on any atom is 0.270 e. The van der Waals surface area contributed by atoms with Gasteiger partial charge in [-0.1, -0.05) is 32.0 Å². The van der Waals surface area contributed by atoms with Crippen molar-refractivity contribution in [3.63, 3.8) is 0 Å². The summed E-state index contributed by atoms with van der Waals surface area (Å²) in [7, 11) is 2.96. The quantitative estimate of drug-likeness (QED) is 0.463. The lowest BCUT2D eigenvalue weighted by atomic mass is 9.90. The zero-order chi connectivity index (χ0) is 22.9. The molecule has 1 rings (SSSR count). The highest BCUT2D eigenvalue weighted by atomic mass is 35.5. The van der Waals surface area contributed by atoms with Crippen molar-refractivity contribution < 1.29 is 14.3 Å². The van der Waals surface area contributed by atoms with Crippen LogP contribution in [0.25, 0.3) is 0 Å². The number of rotatable bonds is 9. The second-order valence-electron chi connectivity index (χ2n) is 7.02. The van der Waals surface area contributed by atoms with Gasteiger partial charge in [-0.3, -0.25) is 14.6 Å². The van der Waals surface area contributed by atoms with Crippen molar-refractivity contribution in [1.29, 1.82) is 5.26 Å². The van der Waals surface area contributed by atoms with Crippen LogP contribution < -0.4 is 15.4 Å². The predicted molar refractivity (Wildman–Crippen MR) is 118 cm³/mol. The lowest BCUT2D eigenvalue weighted by Gasteiger charge is -2.27. The Morgan fingerprint density at radius 2 is 2.10 bits per heavy atom. The van der Waals surface area contributed by atoms with E-state index in [4.69, 9.17) is 16.3 Å². The molecule has 0 bridgehead atoms. The van der Waals surface area contributed by atoms with Crippen LogP contribution in [0.15, 0.2) is 47.6 Å². The van der Waals surface area contributed by atoms with E-state index in [1.165, 1.54) is 26.3 Å². The SMILES string of the molecule is C=C/C(=C\C(=NC)C(=O)NC(C)(C#N)C(C)C)NC(=O)Cc1cc(Cl)ccc1OC. The molecule has 2 amide bonds. The van der Waals surface area contributed by atoms with E-state index in [0.717, 1.165) is 0 Å². The van der Waals surface area contributed by atoms with Crippen LogP contribution >= 0.6 is 11.6 Å². The Bertz CT molecular complexity index is 915. The summed E-state index contributed by atoms with van der Waals surface area (Å²) in [5.41, 5.74) is -0.0935. The van der Waals surface area contributed by atoms with Crippen molar-refractivity contribution in [2.24, 2.45) is 10.9 Å². The first-order chi connectivity index (χ1) is 14.1. The number of halogens is 1. The van der Waals surface area contributed by atoms with Crippen molar-refractivity contribution in [2.75, 3.05) is 14.2 Å². The molecule has 8 heteroatoms. The minimum Gasteiger partial charge on any atom is -0.496 e. The molecule has 2 N–H and O–H groups in total. The van der Waals surface area contributed by atoms with Crippen LogP contribution in [0.5, 0.6) is 5.75 Å². The molecule has 1 atom stereocenters. The molecule has 0 aliphatic rings. The molecule has 7 nitrogen and oxygen atoms in total. The van der Waals surface area contributed by atoms with Crippen LogP contribution in [0.3, 0.4) is 0 Å². The van der Waals surface area contributed by atoms with Gasteiger partial charge in [0.2, 0.25) is 5.91 Å². The summed E-state index contributed by atoms with van der Waals surface area (Å²) in [5.74, 6) is -0.444. The van der Waals surface area contributed by atoms with Gasteiger partial charge in [-0.25, -0.2) is 0 Å². The van der Waals surface area contributed by atoms with Gasteiger partial charge in [0.25, 0.3) is 5.91 Å². The predicted octanol–water partition coefficient (Wildman–Crippen LogP) is 3.20. The monoisotopic (exact) mass is 430 g/mol. The number of allylic oxidation sites excluding steroid dienone is 1. The van der Waals surface area contributed by atoms with E-state index in [0.29, 0.717) is 22.0 Å². The first-order valence-corrected chi connectivity index (χ1v) is 9.64. The molecule has 1 aromatic rings. The summed E-state index contributed by atoms with van der Waals surface area (Å²) in [6.07, 6.45) is 2.81. The van der Waals surface area contributed by atoms with E-state index in [1.54, 1.807) is 25.1 Å². The molecule has 0 heterocycles. The molecule has 0 aliphatic carbocycles. The number of nitriles is 1. The third kappa shape index (κ3) is 6.75. The molecule has 1 unspecified atom stereocenters. The zero-order valence-corrected chi connectivity index (χ0v) is 18.6. The highest BCUT2D eigenvalue weighted by Crippen LogP contribution is 2.23. The van der Waals surface area contributed by atoms with Gasteiger partial charge < -0.3 is 15.4 Å². The van der Waals surface area contributed by atoms with Crippen molar-refractivity contribution in [2.45, 2.75) is 32.7 Å². The second-order valence-corrected chi connectivity index (χ2v) is 7.45. The van der Waals surface area contributed by atoms with Gasteiger partial charge in [-0.15, -0.1) is 0 Å². The van der Waals surface area contributed by atoms with E-state index in [2.05, 4.69) is 28.3 Å². The summed E-state index contributed by atoms with van der Waals surface area (Å²) in [6.45, 7) is 8.98. The normalized spacial score (nSPS) is 13.8. The first-order valence-electron chi connectivity index (χ1n) is 9.27.